The van der Waals surface area contributed by atoms with Gasteiger partial charge in [0, 0.05) is 32.7 Å². The summed E-state index contributed by atoms with van der Waals surface area (Å²) in [6.07, 6.45) is 0. The molecule has 0 aromatic heterocycles. The molecule has 3 rings (SSSR count). The summed E-state index contributed by atoms with van der Waals surface area (Å²) in [4.78, 5) is 24.5. The summed E-state index contributed by atoms with van der Waals surface area (Å²) in [6.45, 7) is 0. The van der Waals surface area contributed by atoms with Crippen molar-refractivity contribution < 1.29 is 9.59 Å². The molecule has 5 nitrogen and oxygen atoms in total. The molecular weight excluding hydrogens is 385 g/mol. The van der Waals surface area contributed by atoms with Crippen LogP contribution in [0.1, 0.15) is 10.4 Å². The van der Waals surface area contributed by atoms with Crippen LogP contribution < -0.4 is 16.0 Å². The molecule has 0 fully saturated rings. The largest absolute Gasteiger partial charge is 0.323 e. The van der Waals surface area contributed by atoms with Crippen LogP contribution in [0.5, 0.6) is 0 Å². The number of hydrogen-bond acceptors (Lipinski definition) is 2. The Balaban J connectivity index is 1.66. The number of halogens is 2. The molecule has 0 spiro atoms. The third kappa shape index (κ3) is 5.48. The summed E-state index contributed by atoms with van der Waals surface area (Å²) in [5.41, 5.74) is 2.03. The van der Waals surface area contributed by atoms with Crippen molar-refractivity contribution in [3.8, 4) is 0 Å². The van der Waals surface area contributed by atoms with Gasteiger partial charge in [0.25, 0.3) is 5.91 Å². The minimum absolute atomic E-state index is 0.309. The number of benzene rings is 3. The number of carbonyl (C=O) groups excluding carboxylic acids is 2. The van der Waals surface area contributed by atoms with Crippen molar-refractivity contribution in [3.05, 3.63) is 88.4 Å². The van der Waals surface area contributed by atoms with Crippen molar-refractivity contribution in [1.82, 2.24) is 0 Å². The van der Waals surface area contributed by atoms with E-state index in [0.717, 1.165) is 0 Å². The van der Waals surface area contributed by atoms with Gasteiger partial charge in [0.1, 0.15) is 0 Å². The minimum Gasteiger partial charge on any atom is -0.322 e. The molecule has 0 unspecified atom stereocenters. The highest BCUT2D eigenvalue weighted by Gasteiger charge is 2.09. The van der Waals surface area contributed by atoms with Gasteiger partial charge in [0.05, 0.1) is 0 Å². The Labute approximate surface area is 166 Å². The maximum atomic E-state index is 12.4. The molecule has 0 aliphatic heterocycles. The van der Waals surface area contributed by atoms with Crippen LogP contribution in [0.25, 0.3) is 0 Å². The Bertz CT molecular complexity index is 992. The third-order valence-electron chi connectivity index (χ3n) is 3.55. The molecule has 7 heteroatoms. The molecule has 136 valence electrons. The number of amides is 3. The van der Waals surface area contributed by atoms with Crippen molar-refractivity contribution in [3.63, 3.8) is 0 Å². The van der Waals surface area contributed by atoms with Gasteiger partial charge in [-0.05, 0) is 54.6 Å². The fourth-order valence-corrected chi connectivity index (χ4v) is 2.75. The van der Waals surface area contributed by atoms with Crippen LogP contribution in [0.15, 0.2) is 72.8 Å². The summed E-state index contributed by atoms with van der Waals surface area (Å²) in [6, 6.07) is 19.8. The number of anilines is 3. The van der Waals surface area contributed by atoms with Gasteiger partial charge >= 0.3 is 6.03 Å². The first-order chi connectivity index (χ1) is 13.0. The first-order valence-corrected chi connectivity index (χ1v) is 8.76. The predicted octanol–water partition coefficient (Wildman–Crippen LogP) is 5.89. The topological polar surface area (TPSA) is 70.2 Å². The van der Waals surface area contributed by atoms with E-state index in [9.17, 15) is 9.59 Å². The van der Waals surface area contributed by atoms with Crippen LogP contribution in [-0.2, 0) is 0 Å². The molecule has 0 heterocycles. The lowest BCUT2D eigenvalue weighted by molar-refractivity contribution is 0.102. The van der Waals surface area contributed by atoms with E-state index in [-0.39, 0.29) is 5.91 Å². The number of nitrogens with one attached hydrogen (secondary N) is 3. The SMILES string of the molecule is O=C(Nc1cccc(Cl)c1)Nc1cccc(C(=O)Nc2cccc(Cl)c2)c1. The standard InChI is InChI=1S/C20H15Cl2N3O2/c21-14-5-2-8-17(11-14)23-19(26)13-4-1-7-16(10-13)24-20(27)25-18-9-3-6-15(22)12-18/h1-12H,(H,23,26)(H2,24,25,27). The summed E-state index contributed by atoms with van der Waals surface area (Å²) in [7, 11) is 0. The first-order valence-electron chi connectivity index (χ1n) is 8.00. The summed E-state index contributed by atoms with van der Waals surface area (Å²) >= 11 is 11.8. The number of urea groups is 1. The Morgan fingerprint density at radius 2 is 1.11 bits per heavy atom. The normalized spacial score (nSPS) is 10.1. The third-order valence-corrected chi connectivity index (χ3v) is 4.02. The lowest BCUT2D eigenvalue weighted by Crippen LogP contribution is -2.20. The van der Waals surface area contributed by atoms with Crippen molar-refractivity contribution in [2.24, 2.45) is 0 Å². The maximum Gasteiger partial charge on any atom is 0.323 e. The lowest BCUT2D eigenvalue weighted by Gasteiger charge is -2.10. The number of carbonyl (C=O) groups is 2. The van der Waals surface area contributed by atoms with Gasteiger partial charge in [-0.2, -0.15) is 0 Å². The fourth-order valence-electron chi connectivity index (χ4n) is 2.37. The van der Waals surface area contributed by atoms with Crippen LogP contribution in [-0.4, -0.2) is 11.9 Å². The van der Waals surface area contributed by atoms with Gasteiger partial charge in [-0.3, -0.25) is 4.79 Å². The van der Waals surface area contributed by atoms with Crippen molar-refractivity contribution in [2.45, 2.75) is 0 Å². The highest BCUT2D eigenvalue weighted by molar-refractivity contribution is 6.31. The van der Waals surface area contributed by atoms with E-state index in [2.05, 4.69) is 16.0 Å². The molecule has 3 N–H and O–H groups in total. The number of hydrogen-bond donors (Lipinski definition) is 3. The Hall–Kier alpha value is -3.02. The second-order valence-corrected chi connectivity index (χ2v) is 6.51. The van der Waals surface area contributed by atoms with E-state index in [1.807, 2.05) is 0 Å². The molecular formula is C20H15Cl2N3O2. The monoisotopic (exact) mass is 399 g/mol. The molecule has 0 bridgehead atoms. The molecule has 0 aliphatic carbocycles. The van der Waals surface area contributed by atoms with Gasteiger partial charge in [-0.15, -0.1) is 0 Å². The molecule has 0 saturated heterocycles. The van der Waals surface area contributed by atoms with E-state index in [1.165, 1.54) is 0 Å². The highest BCUT2D eigenvalue weighted by atomic mass is 35.5. The molecule has 0 aliphatic rings. The van der Waals surface area contributed by atoms with Gasteiger partial charge in [0.2, 0.25) is 0 Å². The Morgan fingerprint density at radius 1 is 0.630 bits per heavy atom. The quantitative estimate of drug-likeness (QED) is 0.511. The van der Waals surface area contributed by atoms with Gasteiger partial charge in [-0.25, -0.2) is 4.79 Å². The van der Waals surface area contributed by atoms with Crippen LogP contribution in [0.3, 0.4) is 0 Å². The highest BCUT2D eigenvalue weighted by Crippen LogP contribution is 2.18. The van der Waals surface area contributed by atoms with Crippen molar-refractivity contribution in [2.75, 3.05) is 16.0 Å². The zero-order valence-electron chi connectivity index (χ0n) is 14.0. The van der Waals surface area contributed by atoms with E-state index >= 15 is 0 Å². The zero-order valence-corrected chi connectivity index (χ0v) is 15.5. The molecule has 27 heavy (non-hydrogen) atoms. The van der Waals surface area contributed by atoms with Gasteiger partial charge < -0.3 is 16.0 Å². The summed E-state index contributed by atoms with van der Waals surface area (Å²) in [5.74, 6) is -0.309. The van der Waals surface area contributed by atoms with Gasteiger partial charge in [-0.1, -0.05) is 41.4 Å². The Morgan fingerprint density at radius 3 is 1.67 bits per heavy atom. The smallest absolute Gasteiger partial charge is 0.322 e. The van der Waals surface area contributed by atoms with Crippen LogP contribution >= 0.6 is 23.2 Å². The van der Waals surface area contributed by atoms with Crippen LogP contribution in [0, 0.1) is 0 Å². The molecule has 3 aromatic carbocycles. The average Bonchev–Trinajstić information content (AvgIpc) is 2.62. The van der Waals surface area contributed by atoms with E-state index < -0.39 is 6.03 Å². The first kappa shape index (κ1) is 18.8. The second-order valence-electron chi connectivity index (χ2n) is 5.63. The summed E-state index contributed by atoms with van der Waals surface area (Å²) < 4.78 is 0. The molecule has 0 radical (unpaired) electrons. The van der Waals surface area contributed by atoms with Crippen molar-refractivity contribution in [1.29, 1.82) is 0 Å². The summed E-state index contributed by atoms with van der Waals surface area (Å²) in [5, 5.41) is 9.17. The van der Waals surface area contributed by atoms with Crippen LogP contribution in [0.4, 0.5) is 21.9 Å². The van der Waals surface area contributed by atoms with E-state index in [0.29, 0.717) is 32.7 Å². The molecule has 3 aromatic rings. The Kier molecular flexibility index (Phi) is 5.96. The zero-order chi connectivity index (χ0) is 19.2. The molecule has 0 saturated carbocycles. The van der Waals surface area contributed by atoms with E-state index in [1.54, 1.807) is 72.8 Å². The second kappa shape index (κ2) is 8.58. The molecule has 3 amide bonds. The van der Waals surface area contributed by atoms with Gasteiger partial charge in [0.15, 0.2) is 0 Å². The fraction of sp³-hybridized carbons (Fsp3) is 0. The lowest BCUT2D eigenvalue weighted by atomic mass is 10.2. The predicted molar refractivity (Wildman–Crippen MR) is 110 cm³/mol. The number of rotatable bonds is 4. The average molecular weight is 400 g/mol. The maximum absolute atomic E-state index is 12.4. The molecule has 0 atom stereocenters. The van der Waals surface area contributed by atoms with Crippen LogP contribution in [0.2, 0.25) is 10.0 Å². The minimum atomic E-state index is -0.440. The van der Waals surface area contributed by atoms with Crippen molar-refractivity contribution >= 4 is 52.2 Å². The van der Waals surface area contributed by atoms with E-state index in [4.69, 9.17) is 23.2 Å².